The number of primary amides is 1. The predicted octanol–water partition coefficient (Wildman–Crippen LogP) is 0.139. The average molecular weight is 239 g/mol. The van der Waals surface area contributed by atoms with Gasteiger partial charge in [0.1, 0.15) is 11.6 Å². The molecule has 0 aromatic carbocycles. The summed E-state index contributed by atoms with van der Waals surface area (Å²) in [4.78, 5) is 15.5. The van der Waals surface area contributed by atoms with Crippen molar-refractivity contribution in [1.29, 1.82) is 0 Å². The number of aryl methyl sites for hydroxylation is 3. The van der Waals surface area contributed by atoms with Gasteiger partial charge in [-0.1, -0.05) is 0 Å². The Hall–Kier alpha value is -1.43. The largest absolute Gasteiger partial charge is 0.368 e. The number of amides is 1. The summed E-state index contributed by atoms with van der Waals surface area (Å²) in [5.74, 6) is 1.34. The summed E-state index contributed by atoms with van der Waals surface area (Å²) in [5, 5.41) is 7.23. The predicted molar refractivity (Wildman–Crippen MR) is 65.4 cm³/mol. The van der Waals surface area contributed by atoms with Crippen molar-refractivity contribution in [2.45, 2.75) is 45.7 Å². The average Bonchev–Trinajstić information content (AvgIpc) is 2.57. The van der Waals surface area contributed by atoms with Crippen molar-refractivity contribution >= 4 is 5.91 Å². The number of likely N-dealkylation sites (N-methyl/N-ethyl adjacent to an activating group) is 1. The fraction of sp³-hybridized carbons (Fsp3) is 0.727. The number of hydrogen-bond acceptors (Lipinski definition) is 4. The molecule has 1 aromatic heterocycles. The summed E-state index contributed by atoms with van der Waals surface area (Å²) in [6.45, 7) is 6.35. The minimum Gasteiger partial charge on any atom is -0.368 e. The number of nitrogens with zero attached hydrogens (tertiary/aromatic N) is 3. The Bertz CT molecular complexity index is 401. The Kier molecular flexibility index (Phi) is 4.22. The lowest BCUT2D eigenvalue weighted by atomic mass is 9.95. The molecule has 6 heteroatoms. The van der Waals surface area contributed by atoms with E-state index in [2.05, 4.69) is 15.4 Å². The summed E-state index contributed by atoms with van der Waals surface area (Å²) in [5.41, 5.74) is 4.71. The number of hydrogen-bond donors (Lipinski definition) is 2. The first-order chi connectivity index (χ1) is 7.89. The van der Waals surface area contributed by atoms with Crippen LogP contribution in [0.4, 0.5) is 0 Å². The smallest absolute Gasteiger partial charge is 0.237 e. The molecule has 0 saturated heterocycles. The van der Waals surface area contributed by atoms with Gasteiger partial charge >= 0.3 is 0 Å². The van der Waals surface area contributed by atoms with Crippen LogP contribution in [0.5, 0.6) is 0 Å². The lowest BCUT2D eigenvalue weighted by Crippen LogP contribution is -2.51. The first-order valence-electron chi connectivity index (χ1n) is 5.76. The van der Waals surface area contributed by atoms with Crippen molar-refractivity contribution in [1.82, 2.24) is 20.1 Å². The summed E-state index contributed by atoms with van der Waals surface area (Å²) in [6.07, 6.45) is 1.50. The van der Waals surface area contributed by atoms with E-state index in [1.165, 1.54) is 0 Å². The van der Waals surface area contributed by atoms with E-state index < -0.39 is 5.54 Å². The Balaban J connectivity index is 2.52. The molecule has 0 aliphatic carbocycles. The molecule has 6 nitrogen and oxygen atoms in total. The van der Waals surface area contributed by atoms with Crippen molar-refractivity contribution in [3.63, 3.8) is 0 Å². The van der Waals surface area contributed by atoms with Crippen LogP contribution in [0.3, 0.4) is 0 Å². The van der Waals surface area contributed by atoms with E-state index in [4.69, 9.17) is 5.73 Å². The maximum absolute atomic E-state index is 11.3. The Labute approximate surface area is 102 Å². The fourth-order valence-electron chi connectivity index (χ4n) is 1.73. The molecule has 0 saturated carbocycles. The van der Waals surface area contributed by atoms with Gasteiger partial charge < -0.3 is 11.1 Å². The van der Waals surface area contributed by atoms with Gasteiger partial charge in [-0.25, -0.2) is 4.98 Å². The van der Waals surface area contributed by atoms with Crippen LogP contribution in [0, 0.1) is 13.8 Å². The molecule has 1 unspecified atom stereocenters. The van der Waals surface area contributed by atoms with E-state index in [-0.39, 0.29) is 5.91 Å². The molecule has 3 N–H and O–H groups in total. The SMILES string of the molecule is CNC(C)(CCCn1nc(C)nc1C)C(N)=O. The second kappa shape index (κ2) is 5.27. The van der Waals surface area contributed by atoms with Gasteiger partial charge in [-0.15, -0.1) is 0 Å². The fourth-order valence-corrected chi connectivity index (χ4v) is 1.73. The standard InChI is InChI=1S/C11H21N5O/c1-8-14-9(2)16(15-8)7-5-6-11(3,13-4)10(12)17/h13H,5-7H2,1-4H3,(H2,12,17). The van der Waals surface area contributed by atoms with Gasteiger partial charge in [0, 0.05) is 6.54 Å². The van der Waals surface area contributed by atoms with E-state index in [0.29, 0.717) is 6.42 Å². The maximum atomic E-state index is 11.3. The number of nitrogens with two attached hydrogens (primary N) is 1. The van der Waals surface area contributed by atoms with Gasteiger partial charge in [0.2, 0.25) is 5.91 Å². The third-order valence-electron chi connectivity index (χ3n) is 3.10. The lowest BCUT2D eigenvalue weighted by Gasteiger charge is -2.25. The second-order valence-corrected chi connectivity index (χ2v) is 4.48. The molecule has 1 amide bonds. The number of carbonyl (C=O) groups is 1. The van der Waals surface area contributed by atoms with E-state index in [0.717, 1.165) is 24.6 Å². The van der Waals surface area contributed by atoms with Crippen LogP contribution in [-0.2, 0) is 11.3 Å². The topological polar surface area (TPSA) is 85.8 Å². The summed E-state index contributed by atoms with van der Waals surface area (Å²) in [6, 6.07) is 0. The van der Waals surface area contributed by atoms with Gasteiger partial charge in [0.25, 0.3) is 0 Å². The highest BCUT2D eigenvalue weighted by molar-refractivity contribution is 5.84. The monoisotopic (exact) mass is 239 g/mol. The number of rotatable bonds is 6. The highest BCUT2D eigenvalue weighted by atomic mass is 16.1. The number of nitrogens with one attached hydrogen (secondary N) is 1. The van der Waals surface area contributed by atoms with E-state index >= 15 is 0 Å². The molecule has 0 radical (unpaired) electrons. The first kappa shape index (κ1) is 13.6. The second-order valence-electron chi connectivity index (χ2n) is 4.48. The van der Waals surface area contributed by atoms with Gasteiger partial charge in [-0.05, 0) is 40.7 Å². The van der Waals surface area contributed by atoms with Gasteiger partial charge in [0.05, 0.1) is 5.54 Å². The molecule has 0 fully saturated rings. The molecule has 1 aromatic rings. The molecular formula is C11H21N5O. The molecule has 96 valence electrons. The highest BCUT2D eigenvalue weighted by Gasteiger charge is 2.28. The summed E-state index contributed by atoms with van der Waals surface area (Å²) in [7, 11) is 1.75. The van der Waals surface area contributed by atoms with Crippen molar-refractivity contribution in [3.05, 3.63) is 11.6 Å². The minimum absolute atomic E-state index is 0.327. The van der Waals surface area contributed by atoms with Gasteiger partial charge in [-0.2, -0.15) is 5.10 Å². The molecule has 1 heterocycles. The van der Waals surface area contributed by atoms with Crippen molar-refractivity contribution < 1.29 is 4.79 Å². The van der Waals surface area contributed by atoms with E-state index in [1.54, 1.807) is 7.05 Å². The summed E-state index contributed by atoms with van der Waals surface area (Å²) >= 11 is 0. The molecule has 1 rings (SSSR count). The normalized spacial score (nSPS) is 14.6. The molecule has 1 atom stereocenters. The lowest BCUT2D eigenvalue weighted by molar-refractivity contribution is -0.123. The first-order valence-corrected chi connectivity index (χ1v) is 5.76. The van der Waals surface area contributed by atoms with Crippen LogP contribution >= 0.6 is 0 Å². The Morgan fingerprint density at radius 2 is 2.18 bits per heavy atom. The Morgan fingerprint density at radius 3 is 2.59 bits per heavy atom. The van der Waals surface area contributed by atoms with Crippen molar-refractivity contribution in [2.24, 2.45) is 5.73 Å². The van der Waals surface area contributed by atoms with E-state index in [9.17, 15) is 4.79 Å². The van der Waals surface area contributed by atoms with Crippen LogP contribution in [0.2, 0.25) is 0 Å². The molecular weight excluding hydrogens is 218 g/mol. The molecule has 0 bridgehead atoms. The zero-order valence-corrected chi connectivity index (χ0v) is 10.9. The van der Waals surface area contributed by atoms with Crippen molar-refractivity contribution in [2.75, 3.05) is 7.05 Å². The van der Waals surface area contributed by atoms with Crippen LogP contribution in [-0.4, -0.2) is 33.3 Å². The number of carbonyl (C=O) groups excluding carboxylic acids is 1. The highest BCUT2D eigenvalue weighted by Crippen LogP contribution is 2.12. The number of aromatic nitrogens is 3. The third kappa shape index (κ3) is 3.26. The quantitative estimate of drug-likeness (QED) is 0.739. The zero-order valence-electron chi connectivity index (χ0n) is 10.9. The minimum atomic E-state index is -0.649. The van der Waals surface area contributed by atoms with Gasteiger partial charge in [0.15, 0.2) is 0 Å². The van der Waals surface area contributed by atoms with Crippen LogP contribution < -0.4 is 11.1 Å². The molecule has 0 aliphatic heterocycles. The van der Waals surface area contributed by atoms with Crippen LogP contribution in [0.25, 0.3) is 0 Å². The zero-order chi connectivity index (χ0) is 13.1. The molecule has 17 heavy (non-hydrogen) atoms. The van der Waals surface area contributed by atoms with Crippen LogP contribution in [0.1, 0.15) is 31.4 Å². The maximum Gasteiger partial charge on any atom is 0.237 e. The summed E-state index contributed by atoms with van der Waals surface area (Å²) < 4.78 is 1.85. The third-order valence-corrected chi connectivity index (χ3v) is 3.10. The van der Waals surface area contributed by atoms with Crippen LogP contribution in [0.15, 0.2) is 0 Å². The molecule has 0 aliphatic rings. The Morgan fingerprint density at radius 1 is 1.53 bits per heavy atom. The van der Waals surface area contributed by atoms with Gasteiger partial charge in [-0.3, -0.25) is 9.48 Å². The van der Waals surface area contributed by atoms with Crippen molar-refractivity contribution in [3.8, 4) is 0 Å². The van der Waals surface area contributed by atoms with E-state index in [1.807, 2.05) is 25.5 Å². The molecule has 0 spiro atoms.